The Hall–Kier alpha value is -2.37. The summed E-state index contributed by atoms with van der Waals surface area (Å²) >= 11 is 0. The summed E-state index contributed by atoms with van der Waals surface area (Å²) in [7, 11) is 0. The number of carbonyl (C=O) groups excluding carboxylic acids is 2. The summed E-state index contributed by atoms with van der Waals surface area (Å²) in [6.07, 6.45) is 0.607. The number of carboxylic acids is 1. The van der Waals surface area contributed by atoms with Crippen molar-refractivity contribution < 1.29 is 19.5 Å². The van der Waals surface area contributed by atoms with E-state index in [0.29, 0.717) is 18.5 Å². The number of benzene rings is 1. The minimum Gasteiger partial charge on any atom is -0.479 e. The molecule has 0 spiro atoms. The molecule has 126 valence electrons. The van der Waals surface area contributed by atoms with Crippen LogP contribution in [-0.2, 0) is 14.4 Å². The van der Waals surface area contributed by atoms with Crippen molar-refractivity contribution in [2.45, 2.75) is 39.7 Å². The number of carboxylic acid groups (broad SMARTS) is 1. The average Bonchev–Trinajstić information content (AvgIpc) is 2.48. The van der Waals surface area contributed by atoms with E-state index in [0.717, 1.165) is 0 Å². The molecule has 1 aromatic carbocycles. The van der Waals surface area contributed by atoms with Gasteiger partial charge in [0.05, 0.1) is 0 Å². The van der Waals surface area contributed by atoms with Gasteiger partial charge in [-0.3, -0.25) is 9.59 Å². The molecule has 23 heavy (non-hydrogen) atoms. The zero-order chi connectivity index (χ0) is 17.5. The first-order chi connectivity index (χ1) is 10.7. The molecule has 0 unspecified atom stereocenters. The summed E-state index contributed by atoms with van der Waals surface area (Å²) in [5.41, 5.74) is 0.0543. The molecule has 0 saturated heterocycles. The van der Waals surface area contributed by atoms with Crippen LogP contribution in [0.4, 0.5) is 0 Å². The van der Waals surface area contributed by atoms with E-state index in [2.05, 4.69) is 10.6 Å². The summed E-state index contributed by atoms with van der Waals surface area (Å²) < 4.78 is 0. The average molecular weight is 320 g/mol. The van der Waals surface area contributed by atoms with Crippen LogP contribution >= 0.6 is 0 Å². The van der Waals surface area contributed by atoms with Crippen molar-refractivity contribution in [2.24, 2.45) is 5.41 Å². The number of rotatable bonds is 7. The minimum absolute atomic E-state index is 0.0781. The summed E-state index contributed by atoms with van der Waals surface area (Å²) in [5, 5.41) is 14.5. The lowest BCUT2D eigenvalue weighted by Crippen LogP contribution is -2.36. The highest BCUT2D eigenvalue weighted by atomic mass is 16.4. The van der Waals surface area contributed by atoms with Gasteiger partial charge in [0.25, 0.3) is 0 Å². The molecule has 6 nitrogen and oxygen atoms in total. The van der Waals surface area contributed by atoms with E-state index < -0.39 is 17.4 Å². The molecule has 0 bridgehead atoms. The summed E-state index contributed by atoms with van der Waals surface area (Å²) in [6.45, 7) is 5.82. The highest BCUT2D eigenvalue weighted by molar-refractivity contribution is 5.84. The highest BCUT2D eigenvalue weighted by Gasteiger charge is 2.22. The molecule has 0 aliphatic rings. The minimum atomic E-state index is -1.11. The Balaban J connectivity index is 2.43. The highest BCUT2D eigenvalue weighted by Crippen LogP contribution is 2.13. The van der Waals surface area contributed by atoms with Crippen LogP contribution in [0.25, 0.3) is 0 Å². The molecular formula is C17H24N2O4. The van der Waals surface area contributed by atoms with E-state index >= 15 is 0 Å². The second-order valence-corrected chi connectivity index (χ2v) is 6.36. The van der Waals surface area contributed by atoms with Crippen LogP contribution in [0.5, 0.6) is 0 Å². The Kier molecular flexibility index (Phi) is 6.75. The fraction of sp³-hybridized carbons (Fsp3) is 0.471. The molecule has 0 aliphatic heterocycles. The van der Waals surface area contributed by atoms with Gasteiger partial charge in [0.1, 0.15) is 0 Å². The third-order valence-electron chi connectivity index (χ3n) is 3.23. The summed E-state index contributed by atoms with van der Waals surface area (Å²) in [6, 6.07) is 7.47. The molecule has 0 heterocycles. The number of nitrogens with one attached hydrogen (secondary N) is 2. The van der Waals surface area contributed by atoms with Crippen LogP contribution in [0.3, 0.4) is 0 Å². The number of hydrogen-bond acceptors (Lipinski definition) is 3. The molecular weight excluding hydrogens is 296 g/mol. The smallest absolute Gasteiger partial charge is 0.330 e. The molecule has 0 aromatic heterocycles. The molecule has 1 rings (SSSR count). The molecule has 1 aromatic rings. The maximum atomic E-state index is 11.9. The van der Waals surface area contributed by atoms with Crippen LogP contribution in [0.1, 0.15) is 45.2 Å². The van der Waals surface area contributed by atoms with Crippen molar-refractivity contribution in [3.05, 3.63) is 35.9 Å². The molecule has 2 amide bonds. The van der Waals surface area contributed by atoms with Crippen molar-refractivity contribution in [2.75, 3.05) is 6.54 Å². The maximum absolute atomic E-state index is 11.9. The normalized spacial score (nSPS) is 12.3. The van der Waals surface area contributed by atoms with Crippen molar-refractivity contribution in [1.29, 1.82) is 0 Å². The van der Waals surface area contributed by atoms with Gasteiger partial charge < -0.3 is 15.7 Å². The van der Waals surface area contributed by atoms with E-state index in [-0.39, 0.29) is 18.2 Å². The van der Waals surface area contributed by atoms with Gasteiger partial charge in [-0.15, -0.1) is 0 Å². The zero-order valence-electron chi connectivity index (χ0n) is 13.8. The van der Waals surface area contributed by atoms with Crippen molar-refractivity contribution >= 4 is 17.8 Å². The molecule has 0 fully saturated rings. The number of hydrogen-bond donors (Lipinski definition) is 3. The van der Waals surface area contributed by atoms with Gasteiger partial charge in [-0.1, -0.05) is 51.1 Å². The lowest BCUT2D eigenvalue weighted by molar-refractivity contribution is -0.142. The Morgan fingerprint density at radius 3 is 2.26 bits per heavy atom. The van der Waals surface area contributed by atoms with Gasteiger partial charge in [-0.25, -0.2) is 4.79 Å². The van der Waals surface area contributed by atoms with Gasteiger partial charge in [0.15, 0.2) is 6.04 Å². The standard InChI is InChI=1S/C17H24N2O4/c1-17(2,3)16(23)18-11-7-10-13(20)19-14(15(21)22)12-8-5-4-6-9-12/h4-6,8-9,14H,7,10-11H2,1-3H3,(H,18,23)(H,19,20)(H,21,22)/t14-/m0/s1. The van der Waals surface area contributed by atoms with Gasteiger partial charge >= 0.3 is 5.97 Å². The third kappa shape index (κ3) is 6.50. The van der Waals surface area contributed by atoms with Crippen LogP contribution < -0.4 is 10.6 Å². The monoisotopic (exact) mass is 320 g/mol. The van der Waals surface area contributed by atoms with E-state index in [9.17, 15) is 19.5 Å². The number of amides is 2. The van der Waals surface area contributed by atoms with Crippen molar-refractivity contribution in [3.63, 3.8) is 0 Å². The first-order valence-corrected chi connectivity index (χ1v) is 7.57. The second-order valence-electron chi connectivity index (χ2n) is 6.36. The fourth-order valence-electron chi connectivity index (χ4n) is 1.88. The van der Waals surface area contributed by atoms with E-state index in [1.807, 2.05) is 20.8 Å². The SMILES string of the molecule is CC(C)(C)C(=O)NCCCC(=O)N[C@H](C(=O)O)c1ccccc1. The van der Waals surface area contributed by atoms with Crippen LogP contribution in [-0.4, -0.2) is 29.4 Å². The number of carbonyl (C=O) groups is 3. The van der Waals surface area contributed by atoms with E-state index in [1.165, 1.54) is 0 Å². The molecule has 0 aliphatic carbocycles. The predicted octanol–water partition coefficient (Wildman–Crippen LogP) is 1.87. The van der Waals surface area contributed by atoms with E-state index in [1.54, 1.807) is 30.3 Å². The Morgan fingerprint density at radius 2 is 1.74 bits per heavy atom. The summed E-state index contributed by atoms with van der Waals surface area (Å²) in [4.78, 5) is 34.9. The first-order valence-electron chi connectivity index (χ1n) is 7.57. The largest absolute Gasteiger partial charge is 0.479 e. The Bertz CT molecular complexity index is 549. The van der Waals surface area contributed by atoms with Gasteiger partial charge in [-0.05, 0) is 12.0 Å². The van der Waals surface area contributed by atoms with Gasteiger partial charge in [0.2, 0.25) is 11.8 Å². The second kappa shape index (κ2) is 8.31. The Morgan fingerprint density at radius 1 is 1.13 bits per heavy atom. The van der Waals surface area contributed by atoms with Crippen molar-refractivity contribution in [3.8, 4) is 0 Å². The predicted molar refractivity (Wildman–Crippen MR) is 86.7 cm³/mol. The quantitative estimate of drug-likeness (QED) is 0.668. The van der Waals surface area contributed by atoms with E-state index in [4.69, 9.17) is 0 Å². The zero-order valence-corrected chi connectivity index (χ0v) is 13.8. The van der Waals surface area contributed by atoms with Crippen molar-refractivity contribution in [1.82, 2.24) is 10.6 Å². The molecule has 0 saturated carbocycles. The number of aliphatic carboxylic acids is 1. The first kappa shape index (κ1) is 18.7. The third-order valence-corrected chi connectivity index (χ3v) is 3.23. The van der Waals surface area contributed by atoms with Crippen LogP contribution in [0.2, 0.25) is 0 Å². The topological polar surface area (TPSA) is 95.5 Å². The molecule has 0 radical (unpaired) electrons. The van der Waals surface area contributed by atoms with Crippen LogP contribution in [0, 0.1) is 5.41 Å². The van der Waals surface area contributed by atoms with Crippen LogP contribution in [0.15, 0.2) is 30.3 Å². The lowest BCUT2D eigenvalue weighted by Gasteiger charge is -2.18. The summed E-state index contributed by atoms with van der Waals surface area (Å²) in [5.74, 6) is -1.54. The molecule has 1 atom stereocenters. The lowest BCUT2D eigenvalue weighted by atomic mass is 9.96. The van der Waals surface area contributed by atoms with Gasteiger partial charge in [-0.2, -0.15) is 0 Å². The molecule has 3 N–H and O–H groups in total. The molecule has 6 heteroatoms. The fourth-order valence-corrected chi connectivity index (χ4v) is 1.88. The Labute approximate surface area is 136 Å². The van der Waals surface area contributed by atoms with Gasteiger partial charge in [0, 0.05) is 18.4 Å². The maximum Gasteiger partial charge on any atom is 0.330 e.